The third kappa shape index (κ3) is 2.27. The molecule has 1 aromatic carbocycles. The minimum atomic E-state index is 0.0485. The van der Waals surface area contributed by atoms with Gasteiger partial charge in [0.25, 0.3) is 0 Å². The second-order valence-electron chi connectivity index (χ2n) is 4.79. The molecular weight excluding hydrogens is 222 g/mol. The van der Waals surface area contributed by atoms with Crippen LogP contribution in [0.3, 0.4) is 0 Å². The number of fused-ring (bicyclic) bond motifs is 1. The molecule has 2 N–H and O–H groups in total. The number of nitrogens with zero attached hydrogens (tertiary/aromatic N) is 2. The molecule has 2 aromatic rings. The first kappa shape index (κ1) is 13.1. The molecule has 1 aromatic heterocycles. The van der Waals surface area contributed by atoms with Gasteiger partial charge in [-0.15, -0.1) is 0 Å². The van der Waals surface area contributed by atoms with Gasteiger partial charge in [-0.25, -0.2) is 4.98 Å². The molecule has 18 heavy (non-hydrogen) atoms. The Morgan fingerprint density at radius 1 is 1.28 bits per heavy atom. The fourth-order valence-corrected chi connectivity index (χ4v) is 2.47. The molecule has 0 bridgehead atoms. The van der Waals surface area contributed by atoms with Crippen molar-refractivity contribution < 1.29 is 0 Å². The summed E-state index contributed by atoms with van der Waals surface area (Å²) in [7, 11) is 0. The maximum Gasteiger partial charge on any atom is 0.126 e. The summed E-state index contributed by atoms with van der Waals surface area (Å²) in [6.45, 7) is 7.40. The molecular formula is C15H23N3. The van der Waals surface area contributed by atoms with Crippen LogP contribution < -0.4 is 5.73 Å². The molecule has 0 saturated heterocycles. The fourth-order valence-electron chi connectivity index (χ4n) is 2.47. The topological polar surface area (TPSA) is 43.8 Å². The van der Waals surface area contributed by atoms with Gasteiger partial charge in [-0.1, -0.05) is 26.3 Å². The number of aryl methyl sites for hydroxylation is 2. The van der Waals surface area contributed by atoms with Crippen molar-refractivity contribution in [3.8, 4) is 0 Å². The number of imidazole rings is 1. The van der Waals surface area contributed by atoms with Crippen LogP contribution in [0.15, 0.2) is 18.2 Å². The van der Waals surface area contributed by atoms with Crippen molar-refractivity contribution in [2.45, 2.75) is 52.6 Å². The zero-order valence-electron chi connectivity index (χ0n) is 11.6. The van der Waals surface area contributed by atoms with Crippen LogP contribution in [0.25, 0.3) is 11.0 Å². The maximum absolute atomic E-state index is 6.23. The van der Waals surface area contributed by atoms with E-state index in [0.29, 0.717) is 0 Å². The predicted molar refractivity (Wildman–Crippen MR) is 76.6 cm³/mol. The van der Waals surface area contributed by atoms with Gasteiger partial charge in [-0.2, -0.15) is 0 Å². The Bertz CT molecular complexity index is 528. The molecule has 2 rings (SSSR count). The van der Waals surface area contributed by atoms with Gasteiger partial charge in [-0.3, -0.25) is 0 Å². The molecule has 98 valence electrons. The predicted octanol–water partition coefficient (Wildman–Crippen LogP) is 3.42. The highest BCUT2D eigenvalue weighted by Crippen LogP contribution is 2.23. The summed E-state index contributed by atoms with van der Waals surface area (Å²) < 4.78 is 2.25. The molecule has 1 unspecified atom stereocenters. The first-order valence-electron chi connectivity index (χ1n) is 6.95. The number of aromatic nitrogens is 2. The number of hydrogen-bond donors (Lipinski definition) is 1. The summed E-state index contributed by atoms with van der Waals surface area (Å²) in [5.41, 5.74) is 9.85. The Morgan fingerprint density at radius 2 is 2.06 bits per heavy atom. The van der Waals surface area contributed by atoms with Gasteiger partial charge in [-0.05, 0) is 37.5 Å². The van der Waals surface area contributed by atoms with Crippen LogP contribution in [0.1, 0.15) is 51.0 Å². The standard InChI is InChI=1S/C15H23N3/c1-4-7-12(16)15-17-13-10-11(5-2)8-9-14(13)18(15)6-3/h8-10,12H,4-7,16H2,1-3H3. The number of benzene rings is 1. The quantitative estimate of drug-likeness (QED) is 0.877. The Kier molecular flexibility index (Phi) is 4.02. The van der Waals surface area contributed by atoms with Crippen molar-refractivity contribution in [1.29, 1.82) is 0 Å². The average Bonchev–Trinajstić information content (AvgIpc) is 2.76. The van der Waals surface area contributed by atoms with E-state index in [1.54, 1.807) is 0 Å². The molecule has 0 radical (unpaired) electrons. The second-order valence-corrected chi connectivity index (χ2v) is 4.79. The highest BCUT2D eigenvalue weighted by molar-refractivity contribution is 5.77. The van der Waals surface area contributed by atoms with E-state index in [9.17, 15) is 0 Å². The van der Waals surface area contributed by atoms with Gasteiger partial charge >= 0.3 is 0 Å². The van der Waals surface area contributed by atoms with E-state index in [1.807, 2.05) is 0 Å². The minimum Gasteiger partial charge on any atom is -0.327 e. The van der Waals surface area contributed by atoms with E-state index < -0.39 is 0 Å². The molecule has 0 fully saturated rings. The largest absolute Gasteiger partial charge is 0.327 e. The highest BCUT2D eigenvalue weighted by atomic mass is 15.1. The van der Waals surface area contributed by atoms with E-state index >= 15 is 0 Å². The lowest BCUT2D eigenvalue weighted by atomic mass is 10.1. The molecule has 0 aliphatic rings. The highest BCUT2D eigenvalue weighted by Gasteiger charge is 2.15. The first-order valence-corrected chi connectivity index (χ1v) is 6.95. The van der Waals surface area contributed by atoms with Crippen molar-refractivity contribution >= 4 is 11.0 Å². The fraction of sp³-hybridized carbons (Fsp3) is 0.533. The molecule has 3 heteroatoms. The van der Waals surface area contributed by atoms with Crippen LogP contribution in [0.4, 0.5) is 0 Å². The molecule has 3 nitrogen and oxygen atoms in total. The van der Waals surface area contributed by atoms with Crippen LogP contribution in [0.5, 0.6) is 0 Å². The summed E-state index contributed by atoms with van der Waals surface area (Å²) in [4.78, 5) is 4.75. The lowest BCUT2D eigenvalue weighted by Crippen LogP contribution is -2.16. The van der Waals surface area contributed by atoms with E-state index in [-0.39, 0.29) is 6.04 Å². The first-order chi connectivity index (χ1) is 8.71. The summed E-state index contributed by atoms with van der Waals surface area (Å²) >= 11 is 0. The summed E-state index contributed by atoms with van der Waals surface area (Å²) in [5, 5.41) is 0. The normalized spacial score (nSPS) is 13.1. The number of nitrogens with two attached hydrogens (primary N) is 1. The van der Waals surface area contributed by atoms with E-state index in [0.717, 1.165) is 37.1 Å². The van der Waals surface area contributed by atoms with E-state index in [4.69, 9.17) is 10.7 Å². The second kappa shape index (κ2) is 5.53. The molecule has 0 aliphatic heterocycles. The lowest BCUT2D eigenvalue weighted by molar-refractivity contribution is 0.566. The molecule has 1 atom stereocenters. The van der Waals surface area contributed by atoms with Gasteiger partial charge < -0.3 is 10.3 Å². The summed E-state index contributed by atoms with van der Waals surface area (Å²) in [6, 6.07) is 6.59. The zero-order chi connectivity index (χ0) is 13.1. The van der Waals surface area contributed by atoms with Crippen molar-refractivity contribution in [3.63, 3.8) is 0 Å². The van der Waals surface area contributed by atoms with Crippen LogP contribution in [0, 0.1) is 0 Å². The molecule has 0 saturated carbocycles. The van der Waals surface area contributed by atoms with Gasteiger partial charge in [0.15, 0.2) is 0 Å². The van der Waals surface area contributed by atoms with Crippen molar-refractivity contribution in [3.05, 3.63) is 29.6 Å². The van der Waals surface area contributed by atoms with Crippen LogP contribution in [-0.4, -0.2) is 9.55 Å². The number of rotatable bonds is 5. The lowest BCUT2D eigenvalue weighted by Gasteiger charge is -2.12. The van der Waals surface area contributed by atoms with Crippen LogP contribution >= 0.6 is 0 Å². The van der Waals surface area contributed by atoms with Crippen molar-refractivity contribution in [1.82, 2.24) is 9.55 Å². The Balaban J connectivity index is 2.52. The van der Waals surface area contributed by atoms with Gasteiger partial charge in [0.1, 0.15) is 5.82 Å². The van der Waals surface area contributed by atoms with Gasteiger partial charge in [0, 0.05) is 6.54 Å². The van der Waals surface area contributed by atoms with E-state index in [1.165, 1.54) is 11.1 Å². The molecule has 0 aliphatic carbocycles. The minimum absolute atomic E-state index is 0.0485. The molecule has 0 amide bonds. The Morgan fingerprint density at radius 3 is 2.67 bits per heavy atom. The number of hydrogen-bond acceptors (Lipinski definition) is 2. The zero-order valence-corrected chi connectivity index (χ0v) is 11.6. The third-order valence-electron chi connectivity index (χ3n) is 3.50. The third-order valence-corrected chi connectivity index (χ3v) is 3.50. The van der Waals surface area contributed by atoms with E-state index in [2.05, 4.69) is 43.5 Å². The molecule has 0 spiro atoms. The van der Waals surface area contributed by atoms with Gasteiger partial charge in [0.2, 0.25) is 0 Å². The Labute approximate surface area is 109 Å². The van der Waals surface area contributed by atoms with Crippen molar-refractivity contribution in [2.24, 2.45) is 5.73 Å². The van der Waals surface area contributed by atoms with Crippen LogP contribution in [0.2, 0.25) is 0 Å². The average molecular weight is 245 g/mol. The van der Waals surface area contributed by atoms with Gasteiger partial charge in [0.05, 0.1) is 17.1 Å². The smallest absolute Gasteiger partial charge is 0.126 e. The SMILES string of the molecule is CCCC(N)c1nc2cc(CC)ccc2n1CC. The summed E-state index contributed by atoms with van der Waals surface area (Å²) in [6.07, 6.45) is 3.13. The monoisotopic (exact) mass is 245 g/mol. The maximum atomic E-state index is 6.23. The summed E-state index contributed by atoms with van der Waals surface area (Å²) in [5.74, 6) is 1.03. The van der Waals surface area contributed by atoms with Crippen molar-refractivity contribution in [2.75, 3.05) is 0 Å². The van der Waals surface area contributed by atoms with Crippen LogP contribution in [-0.2, 0) is 13.0 Å². The Hall–Kier alpha value is -1.35. The molecule has 1 heterocycles.